The monoisotopic (exact) mass is 390 g/mol. The highest BCUT2D eigenvalue weighted by atomic mass is 16.1. The zero-order valence-corrected chi connectivity index (χ0v) is 16.7. The van der Waals surface area contributed by atoms with Crippen LogP contribution in [-0.4, -0.2) is 36.2 Å². The zero-order chi connectivity index (χ0) is 19.6. The molecule has 1 aromatic carbocycles. The Morgan fingerprint density at radius 1 is 1.21 bits per heavy atom. The van der Waals surface area contributed by atoms with Gasteiger partial charge in [0.05, 0.1) is 12.0 Å². The summed E-state index contributed by atoms with van der Waals surface area (Å²) in [5.74, 6) is 1.41. The summed E-state index contributed by atoms with van der Waals surface area (Å²) in [7, 11) is 2.04. The van der Waals surface area contributed by atoms with E-state index in [2.05, 4.69) is 43.6 Å². The number of aryl methyl sites for hydroxylation is 1. The fraction of sp³-hybridized carbons (Fsp3) is 0.545. The second-order valence-electron chi connectivity index (χ2n) is 9.70. The van der Waals surface area contributed by atoms with Gasteiger partial charge in [-0.05, 0) is 67.2 Å². The Labute approximate surface area is 169 Å². The van der Waals surface area contributed by atoms with Gasteiger partial charge < -0.3 is 9.88 Å². The number of nitrogens with zero attached hydrogens (tertiary/aromatic N) is 5. The molecule has 0 aliphatic heterocycles. The lowest BCUT2D eigenvalue weighted by molar-refractivity contribution is -0.130. The van der Waals surface area contributed by atoms with Gasteiger partial charge in [-0.15, -0.1) is 10.2 Å². The van der Waals surface area contributed by atoms with Crippen molar-refractivity contribution < 1.29 is 4.79 Å². The zero-order valence-electron chi connectivity index (χ0n) is 16.7. The van der Waals surface area contributed by atoms with Crippen molar-refractivity contribution in [1.29, 1.82) is 0 Å². The fourth-order valence-corrected chi connectivity index (χ4v) is 7.06. The average molecular weight is 390 g/mol. The lowest BCUT2D eigenvalue weighted by Gasteiger charge is -2.61. The summed E-state index contributed by atoms with van der Waals surface area (Å²) < 4.78 is 2.11. The number of benzene rings is 1. The molecule has 2 heterocycles. The molecule has 3 aromatic rings. The Kier molecular flexibility index (Phi) is 3.50. The third-order valence-corrected chi connectivity index (χ3v) is 7.54. The van der Waals surface area contributed by atoms with E-state index in [1.807, 2.05) is 24.0 Å². The molecule has 7 nitrogen and oxygen atoms in total. The Morgan fingerprint density at radius 3 is 2.76 bits per heavy atom. The van der Waals surface area contributed by atoms with E-state index in [1.54, 1.807) is 0 Å². The number of fused-ring (bicyclic) bond motifs is 1. The van der Waals surface area contributed by atoms with Gasteiger partial charge in [0.15, 0.2) is 6.33 Å². The number of aromatic nitrogens is 5. The number of carbonyl (C=O) groups excluding carboxylic acids is 1. The maximum absolute atomic E-state index is 13.2. The maximum atomic E-state index is 13.2. The summed E-state index contributed by atoms with van der Waals surface area (Å²) in [6, 6.07) is 8.29. The molecule has 4 aliphatic rings. The highest BCUT2D eigenvalue weighted by Crippen LogP contribution is 2.60. The molecule has 1 amide bonds. The van der Waals surface area contributed by atoms with E-state index in [0.29, 0.717) is 18.3 Å². The van der Waals surface area contributed by atoms with Gasteiger partial charge in [0, 0.05) is 29.7 Å². The van der Waals surface area contributed by atoms with Crippen LogP contribution in [0.25, 0.3) is 10.9 Å². The Hall–Kier alpha value is -2.70. The van der Waals surface area contributed by atoms with Crippen LogP contribution in [0.3, 0.4) is 0 Å². The first-order valence-corrected chi connectivity index (χ1v) is 10.6. The molecule has 4 fully saturated rings. The summed E-state index contributed by atoms with van der Waals surface area (Å²) in [6.07, 6.45) is 10.6. The minimum absolute atomic E-state index is 0.0761. The minimum Gasteiger partial charge on any atom is -0.350 e. The van der Waals surface area contributed by atoms with Crippen molar-refractivity contribution in [2.24, 2.45) is 18.9 Å². The largest absolute Gasteiger partial charge is 0.350 e. The summed E-state index contributed by atoms with van der Waals surface area (Å²) in [4.78, 5) is 15.0. The molecule has 0 saturated heterocycles. The molecule has 150 valence electrons. The minimum atomic E-state index is -0.126. The number of carbonyl (C=O) groups is 1. The first kappa shape index (κ1) is 17.2. The standard InChI is InChI=1S/C22H26N6O/c1-27-12-17(18-4-2-3-5-19(18)27)7-20(29)25-21-8-15-6-16(9-21)11-22(10-15,13-21)28-24-14-23-26-28/h2-5,12,14-16H,6-11,13H2,1H3,(H,25,29). The van der Waals surface area contributed by atoms with Crippen LogP contribution >= 0.6 is 0 Å². The van der Waals surface area contributed by atoms with Crippen LogP contribution in [0.1, 0.15) is 44.1 Å². The number of para-hydroxylation sites is 1. The van der Waals surface area contributed by atoms with Crippen molar-refractivity contribution in [3.8, 4) is 0 Å². The van der Waals surface area contributed by atoms with Gasteiger partial charge in [-0.25, -0.2) is 0 Å². The van der Waals surface area contributed by atoms with Gasteiger partial charge >= 0.3 is 0 Å². The van der Waals surface area contributed by atoms with Crippen molar-refractivity contribution in [3.05, 3.63) is 42.4 Å². The Balaban J connectivity index is 1.27. The topological polar surface area (TPSA) is 77.6 Å². The summed E-state index contributed by atoms with van der Waals surface area (Å²) >= 11 is 0. The highest BCUT2D eigenvalue weighted by Gasteiger charge is 2.60. The molecular formula is C22H26N6O. The predicted octanol–water partition coefficient (Wildman–Crippen LogP) is 2.57. The molecule has 7 heteroatoms. The van der Waals surface area contributed by atoms with Gasteiger partial charge in [0.2, 0.25) is 5.91 Å². The van der Waals surface area contributed by atoms with Crippen LogP contribution in [-0.2, 0) is 23.8 Å². The molecule has 0 radical (unpaired) electrons. The lowest BCUT2D eigenvalue weighted by atomic mass is 9.50. The van der Waals surface area contributed by atoms with Crippen LogP contribution in [0, 0.1) is 11.8 Å². The second-order valence-corrected chi connectivity index (χ2v) is 9.70. The predicted molar refractivity (Wildman–Crippen MR) is 108 cm³/mol. The van der Waals surface area contributed by atoms with E-state index >= 15 is 0 Å². The van der Waals surface area contributed by atoms with E-state index in [0.717, 1.165) is 37.7 Å². The summed E-state index contributed by atoms with van der Waals surface area (Å²) in [6.45, 7) is 0. The molecule has 0 spiro atoms. The van der Waals surface area contributed by atoms with Crippen LogP contribution in [0.4, 0.5) is 0 Å². The van der Waals surface area contributed by atoms with Crippen LogP contribution in [0.5, 0.6) is 0 Å². The lowest BCUT2D eigenvalue weighted by Crippen LogP contribution is -2.66. The quantitative estimate of drug-likeness (QED) is 0.743. The number of hydrogen-bond donors (Lipinski definition) is 1. The number of amides is 1. The Morgan fingerprint density at radius 2 is 2.00 bits per heavy atom. The van der Waals surface area contributed by atoms with E-state index in [-0.39, 0.29) is 17.0 Å². The van der Waals surface area contributed by atoms with Gasteiger partial charge in [0.1, 0.15) is 0 Å². The van der Waals surface area contributed by atoms with Gasteiger partial charge in [-0.1, -0.05) is 18.2 Å². The van der Waals surface area contributed by atoms with Crippen LogP contribution in [0.15, 0.2) is 36.8 Å². The van der Waals surface area contributed by atoms with E-state index in [1.165, 1.54) is 23.7 Å². The smallest absolute Gasteiger partial charge is 0.224 e. The SMILES string of the molecule is Cn1cc(CC(=O)NC23CC4CC(C2)CC(n2ncnn2)(C4)C3)c2ccccc21. The Bertz CT molecular complexity index is 1070. The van der Waals surface area contributed by atoms with E-state index in [9.17, 15) is 4.79 Å². The third kappa shape index (κ3) is 2.63. The van der Waals surface area contributed by atoms with Crippen molar-refractivity contribution in [3.63, 3.8) is 0 Å². The number of tetrazole rings is 1. The van der Waals surface area contributed by atoms with Crippen molar-refractivity contribution >= 4 is 16.8 Å². The summed E-state index contributed by atoms with van der Waals surface area (Å²) in [5, 5.41) is 17.3. The van der Waals surface area contributed by atoms with Crippen LogP contribution < -0.4 is 5.32 Å². The molecule has 2 unspecified atom stereocenters. The first-order valence-electron chi connectivity index (χ1n) is 10.6. The molecule has 4 bridgehead atoms. The molecule has 29 heavy (non-hydrogen) atoms. The van der Waals surface area contributed by atoms with Crippen molar-refractivity contribution in [2.75, 3.05) is 0 Å². The van der Waals surface area contributed by atoms with Crippen LogP contribution in [0.2, 0.25) is 0 Å². The summed E-state index contributed by atoms with van der Waals surface area (Å²) in [5.41, 5.74) is 2.06. The van der Waals surface area contributed by atoms with Crippen molar-refractivity contribution in [2.45, 2.75) is 56.0 Å². The maximum Gasteiger partial charge on any atom is 0.224 e. The second kappa shape index (κ2) is 5.90. The average Bonchev–Trinajstić information content (AvgIpc) is 3.30. The van der Waals surface area contributed by atoms with E-state index in [4.69, 9.17) is 0 Å². The normalized spacial score (nSPS) is 32.7. The molecule has 7 rings (SSSR count). The molecule has 2 atom stereocenters. The third-order valence-electron chi connectivity index (χ3n) is 7.54. The molecule has 1 N–H and O–H groups in total. The molecule has 4 aliphatic carbocycles. The number of rotatable bonds is 4. The van der Waals surface area contributed by atoms with E-state index < -0.39 is 0 Å². The number of hydrogen-bond acceptors (Lipinski definition) is 4. The molecular weight excluding hydrogens is 364 g/mol. The van der Waals surface area contributed by atoms with Gasteiger partial charge in [0.25, 0.3) is 0 Å². The van der Waals surface area contributed by atoms with Crippen molar-refractivity contribution in [1.82, 2.24) is 30.1 Å². The van der Waals surface area contributed by atoms with Gasteiger partial charge in [-0.3, -0.25) is 4.79 Å². The highest BCUT2D eigenvalue weighted by molar-refractivity contribution is 5.89. The molecule has 2 aromatic heterocycles. The number of nitrogens with one attached hydrogen (secondary N) is 1. The first-order chi connectivity index (χ1) is 14.0. The fourth-order valence-electron chi connectivity index (χ4n) is 7.06. The molecule has 4 saturated carbocycles. The van der Waals surface area contributed by atoms with Gasteiger partial charge in [-0.2, -0.15) is 4.80 Å².